The third-order valence-electron chi connectivity index (χ3n) is 2.82. The second-order valence-electron chi connectivity index (χ2n) is 3.90. The number of nitriles is 1. The highest BCUT2D eigenvalue weighted by Crippen LogP contribution is 2.37. The number of nitrogens with zero attached hydrogens (tertiary/aromatic N) is 1. The van der Waals surface area contributed by atoms with Crippen molar-refractivity contribution < 1.29 is 4.79 Å². The summed E-state index contributed by atoms with van der Waals surface area (Å²) in [6.07, 6.45) is 5.00. The quantitative estimate of drug-likeness (QED) is 0.693. The predicted molar refractivity (Wildman–Crippen MR) is 54.3 cm³/mol. The lowest BCUT2D eigenvalue weighted by Gasteiger charge is -2.21. The highest BCUT2D eigenvalue weighted by molar-refractivity contribution is 5.86. The molecule has 3 nitrogen and oxygen atoms in total. The van der Waals surface area contributed by atoms with Crippen LogP contribution in [0.25, 0.3) is 0 Å². The van der Waals surface area contributed by atoms with Gasteiger partial charge in [0.25, 0.3) is 0 Å². The van der Waals surface area contributed by atoms with E-state index in [1.807, 2.05) is 6.92 Å². The van der Waals surface area contributed by atoms with E-state index < -0.39 is 5.41 Å². The number of rotatable bonds is 3. The van der Waals surface area contributed by atoms with Crippen LogP contribution < -0.4 is 5.32 Å². The SMILES string of the molecule is C=CC(C)NC(=O)C1(C#N)CCCC1. The molecule has 0 aliphatic heterocycles. The average Bonchev–Trinajstić information content (AvgIpc) is 2.67. The van der Waals surface area contributed by atoms with Crippen molar-refractivity contribution in [1.29, 1.82) is 5.26 Å². The first kappa shape index (κ1) is 10.8. The van der Waals surface area contributed by atoms with Gasteiger partial charge in [-0.2, -0.15) is 5.26 Å². The van der Waals surface area contributed by atoms with Crippen LogP contribution in [0.15, 0.2) is 12.7 Å². The lowest BCUT2D eigenvalue weighted by Crippen LogP contribution is -2.41. The van der Waals surface area contributed by atoms with Gasteiger partial charge in [0.05, 0.1) is 6.07 Å². The molecule has 0 aromatic rings. The van der Waals surface area contributed by atoms with Crippen LogP contribution in [0.4, 0.5) is 0 Å². The van der Waals surface area contributed by atoms with Gasteiger partial charge in [-0.05, 0) is 19.8 Å². The van der Waals surface area contributed by atoms with E-state index in [4.69, 9.17) is 5.26 Å². The first-order valence-corrected chi connectivity index (χ1v) is 4.99. The van der Waals surface area contributed by atoms with E-state index in [1.54, 1.807) is 6.08 Å². The molecule has 1 N–H and O–H groups in total. The second kappa shape index (κ2) is 4.28. The molecule has 1 unspecified atom stereocenters. The third kappa shape index (κ3) is 1.95. The fourth-order valence-electron chi connectivity index (χ4n) is 1.77. The van der Waals surface area contributed by atoms with Crippen molar-refractivity contribution in [2.45, 2.75) is 38.6 Å². The monoisotopic (exact) mass is 192 g/mol. The van der Waals surface area contributed by atoms with Gasteiger partial charge < -0.3 is 5.32 Å². The molecule has 0 saturated heterocycles. The highest BCUT2D eigenvalue weighted by atomic mass is 16.2. The molecule has 1 amide bonds. The number of carbonyl (C=O) groups excluding carboxylic acids is 1. The second-order valence-corrected chi connectivity index (χ2v) is 3.90. The third-order valence-corrected chi connectivity index (χ3v) is 2.82. The summed E-state index contributed by atoms with van der Waals surface area (Å²) in [5, 5.41) is 11.8. The zero-order valence-electron chi connectivity index (χ0n) is 8.55. The Labute approximate surface area is 84.8 Å². The van der Waals surface area contributed by atoms with E-state index in [2.05, 4.69) is 18.0 Å². The minimum atomic E-state index is -0.767. The summed E-state index contributed by atoms with van der Waals surface area (Å²) in [7, 11) is 0. The van der Waals surface area contributed by atoms with Gasteiger partial charge >= 0.3 is 0 Å². The predicted octanol–water partition coefficient (Wildman–Crippen LogP) is 1.76. The van der Waals surface area contributed by atoms with Gasteiger partial charge in [-0.25, -0.2) is 0 Å². The van der Waals surface area contributed by atoms with Crippen molar-refractivity contribution in [2.75, 3.05) is 0 Å². The molecule has 76 valence electrons. The van der Waals surface area contributed by atoms with Crippen LogP contribution in [0.1, 0.15) is 32.6 Å². The Hall–Kier alpha value is -1.30. The van der Waals surface area contributed by atoms with E-state index in [0.717, 1.165) is 12.8 Å². The molecule has 1 rings (SSSR count). The van der Waals surface area contributed by atoms with Crippen molar-refractivity contribution in [3.8, 4) is 6.07 Å². The molecule has 0 bridgehead atoms. The van der Waals surface area contributed by atoms with Gasteiger partial charge in [0, 0.05) is 6.04 Å². The molecule has 0 aromatic carbocycles. The summed E-state index contributed by atoms with van der Waals surface area (Å²) in [4.78, 5) is 11.8. The molecule has 0 aromatic heterocycles. The smallest absolute Gasteiger partial charge is 0.240 e. The maximum atomic E-state index is 11.8. The van der Waals surface area contributed by atoms with E-state index in [9.17, 15) is 4.79 Å². The normalized spacial score (nSPS) is 20.9. The van der Waals surface area contributed by atoms with Gasteiger partial charge in [0.1, 0.15) is 5.41 Å². The Balaban J connectivity index is 2.66. The minimum absolute atomic E-state index is 0.0617. The molecule has 1 aliphatic carbocycles. The lowest BCUT2D eigenvalue weighted by atomic mass is 9.87. The van der Waals surface area contributed by atoms with E-state index in [-0.39, 0.29) is 11.9 Å². The first-order chi connectivity index (χ1) is 6.64. The zero-order valence-corrected chi connectivity index (χ0v) is 8.55. The number of amides is 1. The largest absolute Gasteiger partial charge is 0.349 e. The highest BCUT2D eigenvalue weighted by Gasteiger charge is 2.41. The summed E-state index contributed by atoms with van der Waals surface area (Å²) >= 11 is 0. The van der Waals surface area contributed by atoms with Crippen molar-refractivity contribution >= 4 is 5.91 Å². The molecule has 1 aliphatic rings. The fraction of sp³-hybridized carbons (Fsp3) is 0.636. The topological polar surface area (TPSA) is 52.9 Å². The van der Waals surface area contributed by atoms with Crippen molar-refractivity contribution in [3.63, 3.8) is 0 Å². The van der Waals surface area contributed by atoms with E-state index in [0.29, 0.717) is 12.8 Å². The number of nitrogens with one attached hydrogen (secondary N) is 1. The molecule has 1 atom stereocenters. The summed E-state index contributed by atoms with van der Waals surface area (Å²) in [5.74, 6) is -0.134. The molecule has 0 heterocycles. The molecule has 1 fully saturated rings. The van der Waals surface area contributed by atoms with E-state index >= 15 is 0 Å². The lowest BCUT2D eigenvalue weighted by molar-refractivity contribution is -0.128. The van der Waals surface area contributed by atoms with Gasteiger partial charge in [-0.1, -0.05) is 18.9 Å². The van der Waals surface area contributed by atoms with Crippen LogP contribution in [-0.2, 0) is 4.79 Å². The van der Waals surface area contributed by atoms with Crippen LogP contribution >= 0.6 is 0 Å². The molecule has 1 saturated carbocycles. The summed E-state index contributed by atoms with van der Waals surface area (Å²) in [6, 6.07) is 2.10. The van der Waals surface area contributed by atoms with Gasteiger partial charge in [-0.3, -0.25) is 4.79 Å². The fourth-order valence-corrected chi connectivity index (χ4v) is 1.77. The van der Waals surface area contributed by atoms with Crippen LogP contribution in [0, 0.1) is 16.7 Å². The molecule has 3 heteroatoms. The maximum Gasteiger partial charge on any atom is 0.240 e. The van der Waals surface area contributed by atoms with Gasteiger partial charge in [0.15, 0.2) is 0 Å². The Kier molecular flexibility index (Phi) is 3.29. The summed E-state index contributed by atoms with van der Waals surface area (Å²) < 4.78 is 0. The molecule has 14 heavy (non-hydrogen) atoms. The summed E-state index contributed by atoms with van der Waals surface area (Å²) in [6.45, 7) is 5.44. The number of hydrogen-bond donors (Lipinski definition) is 1. The molecular weight excluding hydrogens is 176 g/mol. The maximum absolute atomic E-state index is 11.8. The van der Waals surface area contributed by atoms with Crippen LogP contribution in [-0.4, -0.2) is 11.9 Å². The first-order valence-electron chi connectivity index (χ1n) is 4.99. The molecule has 0 radical (unpaired) electrons. The summed E-state index contributed by atoms with van der Waals surface area (Å²) in [5.41, 5.74) is -0.767. The standard InChI is InChI=1S/C11H16N2O/c1-3-9(2)13-10(14)11(8-12)6-4-5-7-11/h3,9H,1,4-7H2,2H3,(H,13,14). The average molecular weight is 192 g/mol. The van der Waals surface area contributed by atoms with Crippen molar-refractivity contribution in [2.24, 2.45) is 5.41 Å². The zero-order chi connectivity index (χ0) is 10.6. The van der Waals surface area contributed by atoms with Crippen LogP contribution in [0.2, 0.25) is 0 Å². The van der Waals surface area contributed by atoms with E-state index in [1.165, 1.54) is 0 Å². The Morgan fingerprint density at radius 1 is 1.64 bits per heavy atom. The molecule has 0 spiro atoms. The van der Waals surface area contributed by atoms with Crippen LogP contribution in [0.5, 0.6) is 0 Å². The Morgan fingerprint density at radius 3 is 2.64 bits per heavy atom. The Bertz CT molecular complexity index is 272. The van der Waals surface area contributed by atoms with Crippen LogP contribution in [0.3, 0.4) is 0 Å². The van der Waals surface area contributed by atoms with Crippen molar-refractivity contribution in [1.82, 2.24) is 5.32 Å². The van der Waals surface area contributed by atoms with Gasteiger partial charge in [0.2, 0.25) is 5.91 Å². The Morgan fingerprint density at radius 2 is 2.21 bits per heavy atom. The number of hydrogen-bond acceptors (Lipinski definition) is 2. The molecular formula is C11H16N2O. The van der Waals surface area contributed by atoms with Gasteiger partial charge in [-0.15, -0.1) is 6.58 Å². The number of carbonyl (C=O) groups is 1. The minimum Gasteiger partial charge on any atom is -0.349 e. The van der Waals surface area contributed by atoms with Crippen molar-refractivity contribution in [3.05, 3.63) is 12.7 Å².